The van der Waals surface area contributed by atoms with E-state index in [0.717, 1.165) is 42.0 Å². The number of alkyl halides is 2. The standard InChI is InChI=1S/C26H21ClF2N6O2S/c1-13-7-14(2)25(37)35(12-13)21-9-16(17-8-20(23(28)29)30-11-19(17)27)18(10-31-21)24(36)32-26-34-33-22(38-26)6-5-15-3-4-15/h7-12,15,23,25,37H,3-4H2,1-2H3,(H,32,34,36). The molecular weight excluding hydrogens is 534 g/mol. The zero-order chi connectivity index (χ0) is 27.0. The minimum atomic E-state index is -2.84. The third-order valence-corrected chi connectivity index (χ3v) is 6.92. The number of anilines is 2. The lowest BCUT2D eigenvalue weighted by Gasteiger charge is -2.30. The van der Waals surface area contributed by atoms with E-state index >= 15 is 0 Å². The minimum absolute atomic E-state index is 0.0577. The van der Waals surface area contributed by atoms with Crippen LogP contribution in [0.15, 0.2) is 47.9 Å². The summed E-state index contributed by atoms with van der Waals surface area (Å²) in [7, 11) is 0. The Kier molecular flexibility index (Phi) is 7.21. The molecule has 0 saturated heterocycles. The van der Waals surface area contributed by atoms with Crippen molar-refractivity contribution in [2.75, 3.05) is 10.2 Å². The van der Waals surface area contributed by atoms with Gasteiger partial charge in [0, 0.05) is 35.6 Å². The monoisotopic (exact) mass is 554 g/mol. The van der Waals surface area contributed by atoms with E-state index in [2.05, 4.69) is 37.3 Å². The highest BCUT2D eigenvalue weighted by Crippen LogP contribution is 2.36. The predicted molar refractivity (Wildman–Crippen MR) is 141 cm³/mol. The van der Waals surface area contributed by atoms with Gasteiger partial charge in [-0.25, -0.2) is 13.8 Å². The third-order valence-electron chi connectivity index (χ3n) is 5.86. The molecule has 0 spiro atoms. The average Bonchev–Trinajstić information content (AvgIpc) is 3.62. The topological polar surface area (TPSA) is 104 Å². The molecule has 1 amide bonds. The summed E-state index contributed by atoms with van der Waals surface area (Å²) in [5, 5.41) is 22.1. The fraction of sp³-hybridized carbons (Fsp3) is 0.269. The van der Waals surface area contributed by atoms with Gasteiger partial charge in [-0.1, -0.05) is 34.9 Å². The molecule has 1 unspecified atom stereocenters. The van der Waals surface area contributed by atoms with Gasteiger partial charge in [-0.2, -0.15) is 0 Å². The van der Waals surface area contributed by atoms with Crippen LogP contribution in [0.1, 0.15) is 54.2 Å². The summed E-state index contributed by atoms with van der Waals surface area (Å²) in [6.07, 6.45) is 4.26. The molecule has 38 heavy (non-hydrogen) atoms. The maximum absolute atomic E-state index is 13.5. The summed E-state index contributed by atoms with van der Waals surface area (Å²) in [4.78, 5) is 22.9. The fourth-order valence-corrected chi connectivity index (χ4v) is 4.63. The van der Waals surface area contributed by atoms with Gasteiger partial charge in [0.25, 0.3) is 12.3 Å². The van der Waals surface area contributed by atoms with E-state index < -0.39 is 24.3 Å². The van der Waals surface area contributed by atoms with Gasteiger partial charge in [-0.05, 0) is 55.9 Å². The second kappa shape index (κ2) is 10.6. The Morgan fingerprint density at radius 1 is 1.21 bits per heavy atom. The molecular formula is C26H21ClF2N6O2S. The first-order valence-corrected chi connectivity index (χ1v) is 12.8. The number of aliphatic hydroxyl groups excluding tert-OH is 1. The SMILES string of the molecule is CC1=CN(c2cc(-c3cc(C(F)F)ncc3Cl)c(C(=O)Nc3nnc(C#CC4CC4)s3)cn2)C(O)C(C)=C1. The van der Waals surface area contributed by atoms with Crippen molar-refractivity contribution >= 4 is 39.8 Å². The quantitative estimate of drug-likeness (QED) is 0.396. The highest BCUT2D eigenvalue weighted by atomic mass is 35.5. The van der Waals surface area contributed by atoms with Crippen molar-refractivity contribution in [2.45, 2.75) is 39.3 Å². The molecule has 3 aromatic rings. The van der Waals surface area contributed by atoms with Crippen LogP contribution in [-0.2, 0) is 0 Å². The van der Waals surface area contributed by atoms with Crippen LogP contribution in [0.5, 0.6) is 0 Å². The zero-order valence-corrected chi connectivity index (χ0v) is 21.8. The average molecular weight is 555 g/mol. The maximum Gasteiger partial charge on any atom is 0.280 e. The van der Waals surface area contributed by atoms with Crippen LogP contribution < -0.4 is 10.2 Å². The van der Waals surface area contributed by atoms with Crippen LogP contribution in [-0.4, -0.2) is 37.4 Å². The summed E-state index contributed by atoms with van der Waals surface area (Å²) in [5.41, 5.74) is 1.52. The largest absolute Gasteiger partial charge is 0.369 e. The van der Waals surface area contributed by atoms with Gasteiger partial charge in [0.15, 0.2) is 11.2 Å². The number of pyridine rings is 2. The van der Waals surface area contributed by atoms with E-state index in [1.165, 1.54) is 17.2 Å². The lowest BCUT2D eigenvalue weighted by Crippen LogP contribution is -2.34. The first-order chi connectivity index (χ1) is 18.2. The second-order valence-electron chi connectivity index (χ2n) is 8.93. The smallest absolute Gasteiger partial charge is 0.280 e. The van der Waals surface area contributed by atoms with Crippen LogP contribution in [0.4, 0.5) is 19.7 Å². The highest BCUT2D eigenvalue weighted by Gasteiger charge is 2.25. The van der Waals surface area contributed by atoms with Gasteiger partial charge in [0.1, 0.15) is 11.5 Å². The Morgan fingerprint density at radius 3 is 2.74 bits per heavy atom. The highest BCUT2D eigenvalue weighted by molar-refractivity contribution is 7.15. The van der Waals surface area contributed by atoms with Crippen LogP contribution >= 0.6 is 22.9 Å². The van der Waals surface area contributed by atoms with Crippen LogP contribution in [0.3, 0.4) is 0 Å². The van der Waals surface area contributed by atoms with Crippen molar-refractivity contribution < 1.29 is 18.7 Å². The minimum Gasteiger partial charge on any atom is -0.369 e. The van der Waals surface area contributed by atoms with Gasteiger partial charge < -0.3 is 10.0 Å². The molecule has 8 nitrogen and oxygen atoms in total. The Hall–Kier alpha value is -3.72. The van der Waals surface area contributed by atoms with Crippen molar-refractivity contribution in [2.24, 2.45) is 5.92 Å². The summed E-state index contributed by atoms with van der Waals surface area (Å²) in [6, 6.07) is 2.65. The van der Waals surface area contributed by atoms with Crippen molar-refractivity contribution in [3.05, 3.63) is 69.2 Å². The number of hydrogen-bond acceptors (Lipinski definition) is 8. The number of amides is 1. The summed E-state index contributed by atoms with van der Waals surface area (Å²) in [6.45, 7) is 3.64. The molecule has 1 saturated carbocycles. The fourth-order valence-electron chi connectivity index (χ4n) is 3.82. The first kappa shape index (κ1) is 25.9. The van der Waals surface area contributed by atoms with Crippen molar-refractivity contribution in [3.8, 4) is 23.0 Å². The normalized spacial score (nSPS) is 17.0. The molecule has 12 heteroatoms. The number of nitrogens with one attached hydrogen (secondary N) is 1. The van der Waals surface area contributed by atoms with Crippen molar-refractivity contribution in [1.29, 1.82) is 0 Å². The molecule has 3 aromatic heterocycles. The third kappa shape index (κ3) is 5.57. The van der Waals surface area contributed by atoms with Crippen LogP contribution in [0.25, 0.3) is 11.1 Å². The molecule has 0 radical (unpaired) electrons. The number of aliphatic hydroxyl groups is 1. The number of carbonyl (C=O) groups is 1. The number of aromatic nitrogens is 4. The van der Waals surface area contributed by atoms with E-state index in [9.17, 15) is 18.7 Å². The van der Waals surface area contributed by atoms with Crippen LogP contribution in [0, 0.1) is 17.8 Å². The Bertz CT molecular complexity index is 1540. The van der Waals surface area contributed by atoms with Crippen molar-refractivity contribution in [1.82, 2.24) is 20.2 Å². The maximum atomic E-state index is 13.5. The van der Waals surface area contributed by atoms with Gasteiger partial charge in [-0.15, -0.1) is 10.2 Å². The van der Waals surface area contributed by atoms with E-state index in [-0.39, 0.29) is 32.7 Å². The van der Waals surface area contributed by atoms with E-state index in [1.54, 1.807) is 13.1 Å². The lowest BCUT2D eigenvalue weighted by molar-refractivity contribution is 0.102. The van der Waals surface area contributed by atoms with Gasteiger partial charge >= 0.3 is 0 Å². The van der Waals surface area contributed by atoms with Crippen molar-refractivity contribution in [3.63, 3.8) is 0 Å². The molecule has 0 aromatic carbocycles. The molecule has 2 N–H and O–H groups in total. The molecule has 1 atom stereocenters. The van der Waals surface area contributed by atoms with Crippen LogP contribution in [0.2, 0.25) is 5.02 Å². The Balaban J connectivity index is 1.54. The Morgan fingerprint density at radius 2 is 2.00 bits per heavy atom. The van der Waals surface area contributed by atoms with Gasteiger partial charge in [0.2, 0.25) is 5.13 Å². The number of hydrogen-bond donors (Lipinski definition) is 2. The molecule has 1 aliphatic heterocycles. The molecule has 1 aliphatic carbocycles. The lowest BCUT2D eigenvalue weighted by atomic mass is 10.00. The number of halogens is 3. The molecule has 1 fully saturated rings. The number of carbonyl (C=O) groups excluding carboxylic acids is 1. The molecule has 5 rings (SSSR count). The summed E-state index contributed by atoms with van der Waals surface area (Å²) < 4.78 is 27.0. The number of allylic oxidation sites excluding steroid dienone is 2. The van der Waals surface area contributed by atoms with E-state index in [4.69, 9.17) is 11.6 Å². The molecule has 194 valence electrons. The number of nitrogens with zero attached hydrogens (tertiary/aromatic N) is 5. The summed E-state index contributed by atoms with van der Waals surface area (Å²) in [5.74, 6) is 6.13. The van der Waals surface area contributed by atoms with Gasteiger partial charge in [0.05, 0.1) is 10.6 Å². The predicted octanol–water partition coefficient (Wildman–Crippen LogP) is 5.59. The van der Waals surface area contributed by atoms with Gasteiger partial charge in [-0.3, -0.25) is 15.1 Å². The number of rotatable bonds is 5. The van der Waals surface area contributed by atoms with E-state index in [1.807, 2.05) is 13.0 Å². The van der Waals surface area contributed by atoms with E-state index in [0.29, 0.717) is 16.5 Å². The second-order valence-corrected chi connectivity index (χ2v) is 10.3. The Labute approximate surface area is 226 Å². The molecule has 2 aliphatic rings. The molecule has 4 heterocycles. The summed E-state index contributed by atoms with van der Waals surface area (Å²) >= 11 is 7.50. The molecule has 0 bridgehead atoms. The zero-order valence-electron chi connectivity index (χ0n) is 20.2. The first-order valence-electron chi connectivity index (χ1n) is 11.6.